The first kappa shape index (κ1) is 18.8. The van der Waals surface area contributed by atoms with Crippen molar-refractivity contribution in [2.75, 3.05) is 14.2 Å². The Kier molecular flexibility index (Phi) is 5.34. The number of methoxy groups -OCH3 is 2. The lowest BCUT2D eigenvalue weighted by Crippen LogP contribution is -2.70. The van der Waals surface area contributed by atoms with Gasteiger partial charge >= 0.3 is 0 Å². The van der Waals surface area contributed by atoms with Gasteiger partial charge in [-0.05, 0) is 60.5 Å². The van der Waals surface area contributed by atoms with Crippen LogP contribution in [-0.2, 0) is 6.42 Å². The topological polar surface area (TPSA) is 45.6 Å². The van der Waals surface area contributed by atoms with E-state index in [1.54, 1.807) is 14.2 Å². The van der Waals surface area contributed by atoms with Crippen LogP contribution in [0.1, 0.15) is 12.5 Å². The molecule has 146 valence electrons. The quantitative estimate of drug-likeness (QED) is 0.564. The molecule has 0 atom stereocenters. The predicted molar refractivity (Wildman–Crippen MR) is 114 cm³/mol. The monoisotopic (exact) mass is 386 g/mol. The van der Waals surface area contributed by atoms with E-state index in [4.69, 9.17) is 13.9 Å². The lowest BCUT2D eigenvalue weighted by Gasteiger charge is -2.06. The molecule has 1 aromatic heterocycles. The van der Waals surface area contributed by atoms with Gasteiger partial charge in [0.2, 0.25) is 11.0 Å². The fourth-order valence-electron chi connectivity index (χ4n) is 3.28. The Bertz CT molecular complexity index is 1190. The van der Waals surface area contributed by atoms with Gasteiger partial charge in [-0.25, -0.2) is 4.99 Å². The van der Waals surface area contributed by atoms with Crippen molar-refractivity contribution >= 4 is 16.7 Å². The number of benzene rings is 3. The highest BCUT2D eigenvalue weighted by Crippen LogP contribution is 2.24. The minimum absolute atomic E-state index is 0.792. The summed E-state index contributed by atoms with van der Waals surface area (Å²) >= 11 is 0. The van der Waals surface area contributed by atoms with Gasteiger partial charge in [-0.15, -0.1) is 0 Å². The number of hydrogen-bond donors (Lipinski definition) is 1. The average Bonchev–Trinajstić information content (AvgIpc) is 2.79. The van der Waals surface area contributed by atoms with E-state index in [9.17, 15) is 0 Å². The van der Waals surface area contributed by atoms with Crippen molar-refractivity contribution in [1.29, 1.82) is 0 Å². The Balaban J connectivity index is 1.91. The first-order valence-corrected chi connectivity index (χ1v) is 9.65. The molecule has 0 radical (unpaired) electrons. The number of hydrogen-bond acceptors (Lipinski definition) is 3. The van der Waals surface area contributed by atoms with E-state index < -0.39 is 0 Å². The van der Waals surface area contributed by atoms with Crippen molar-refractivity contribution in [1.82, 2.24) is 0 Å². The molecule has 4 heteroatoms. The van der Waals surface area contributed by atoms with Crippen LogP contribution in [0.4, 0.5) is 5.69 Å². The second kappa shape index (κ2) is 8.23. The summed E-state index contributed by atoms with van der Waals surface area (Å²) in [5, 5.41) is 2.05. The summed E-state index contributed by atoms with van der Waals surface area (Å²) < 4.78 is 16.8. The Labute approximate surface area is 170 Å². The number of fused-ring (bicyclic) bond motifs is 1. The Morgan fingerprint density at radius 2 is 1.45 bits per heavy atom. The SMILES string of the molecule is CCc1ccc2oc(-c3ccc(OC)cc3)cc(=[NH+]c3ccc(OC)cc3)c2c1. The van der Waals surface area contributed by atoms with Crippen LogP contribution in [0.25, 0.3) is 22.3 Å². The third-order valence-corrected chi connectivity index (χ3v) is 4.98. The van der Waals surface area contributed by atoms with Crippen molar-refractivity contribution in [3.63, 3.8) is 0 Å². The largest absolute Gasteiger partial charge is 0.497 e. The third-order valence-electron chi connectivity index (χ3n) is 4.98. The van der Waals surface area contributed by atoms with E-state index in [0.29, 0.717) is 0 Å². The summed E-state index contributed by atoms with van der Waals surface area (Å²) in [5.41, 5.74) is 4.08. The number of aryl methyl sites for hydroxylation is 1. The molecule has 0 spiro atoms. The van der Waals surface area contributed by atoms with E-state index >= 15 is 0 Å². The molecule has 3 aromatic carbocycles. The van der Waals surface area contributed by atoms with Gasteiger partial charge in [0.1, 0.15) is 22.8 Å². The lowest BCUT2D eigenvalue weighted by atomic mass is 10.1. The van der Waals surface area contributed by atoms with Gasteiger partial charge in [0.25, 0.3) is 0 Å². The van der Waals surface area contributed by atoms with Crippen molar-refractivity contribution < 1.29 is 18.9 Å². The van der Waals surface area contributed by atoms with E-state index in [2.05, 4.69) is 24.0 Å². The van der Waals surface area contributed by atoms with Crippen molar-refractivity contribution in [2.45, 2.75) is 13.3 Å². The van der Waals surface area contributed by atoms with Gasteiger partial charge < -0.3 is 13.9 Å². The molecular weight excluding hydrogens is 362 g/mol. The van der Waals surface area contributed by atoms with Gasteiger partial charge in [-0.1, -0.05) is 13.0 Å². The molecule has 4 nitrogen and oxygen atoms in total. The summed E-state index contributed by atoms with van der Waals surface area (Å²) in [6, 6.07) is 24.2. The molecule has 1 N–H and O–H groups in total. The van der Waals surface area contributed by atoms with Gasteiger partial charge in [0.05, 0.1) is 25.7 Å². The third kappa shape index (κ3) is 4.02. The normalized spacial score (nSPS) is 11.6. The van der Waals surface area contributed by atoms with Crippen LogP contribution < -0.4 is 19.8 Å². The molecule has 4 aromatic rings. The van der Waals surface area contributed by atoms with Crippen LogP contribution >= 0.6 is 0 Å². The standard InChI is InChI=1S/C25H23NO3/c1-4-17-5-14-24-22(15-17)23(26-19-8-12-21(28-3)13-9-19)16-25(29-24)18-6-10-20(27-2)11-7-18/h5-16H,4H2,1-3H3/p+1. The number of nitrogens with one attached hydrogen (secondary N) is 1. The summed E-state index contributed by atoms with van der Waals surface area (Å²) in [4.78, 5) is 3.54. The summed E-state index contributed by atoms with van der Waals surface area (Å²) in [6.07, 6.45) is 0.970. The zero-order valence-corrected chi connectivity index (χ0v) is 16.9. The number of ether oxygens (including phenoxy) is 2. The predicted octanol–water partition coefficient (Wildman–Crippen LogP) is 3.99. The highest BCUT2D eigenvalue weighted by molar-refractivity contribution is 5.79. The maximum atomic E-state index is 6.23. The van der Waals surface area contributed by atoms with E-state index in [-0.39, 0.29) is 0 Å². The first-order valence-electron chi connectivity index (χ1n) is 9.65. The molecule has 1 heterocycles. The first-order chi connectivity index (χ1) is 14.2. The Hall–Kier alpha value is -3.53. The van der Waals surface area contributed by atoms with E-state index in [0.717, 1.165) is 51.3 Å². The smallest absolute Gasteiger partial charge is 0.218 e. The van der Waals surface area contributed by atoms with Crippen molar-refractivity contribution in [3.05, 3.63) is 83.7 Å². The molecule has 0 unspecified atom stereocenters. The molecule has 0 amide bonds. The van der Waals surface area contributed by atoms with Crippen LogP contribution in [0.2, 0.25) is 0 Å². The zero-order chi connectivity index (χ0) is 20.2. The minimum atomic E-state index is 0.792. The zero-order valence-electron chi connectivity index (χ0n) is 16.9. The Morgan fingerprint density at radius 3 is 2.07 bits per heavy atom. The molecule has 0 aliphatic heterocycles. The fourth-order valence-corrected chi connectivity index (χ4v) is 3.28. The average molecular weight is 386 g/mol. The van der Waals surface area contributed by atoms with Crippen LogP contribution in [0.3, 0.4) is 0 Å². The van der Waals surface area contributed by atoms with Gasteiger partial charge in [-0.2, -0.15) is 0 Å². The Morgan fingerprint density at radius 1 is 0.793 bits per heavy atom. The molecule has 0 aliphatic rings. The second-order valence-corrected chi connectivity index (χ2v) is 6.79. The van der Waals surface area contributed by atoms with E-state index in [1.165, 1.54) is 5.56 Å². The maximum Gasteiger partial charge on any atom is 0.218 e. The van der Waals surface area contributed by atoms with Gasteiger partial charge in [0, 0.05) is 17.7 Å². The molecule has 0 bridgehead atoms. The molecule has 0 saturated heterocycles. The highest BCUT2D eigenvalue weighted by atomic mass is 16.5. The fraction of sp³-hybridized carbons (Fsp3) is 0.160. The van der Waals surface area contributed by atoms with E-state index in [1.807, 2.05) is 60.7 Å². The molecule has 29 heavy (non-hydrogen) atoms. The van der Waals surface area contributed by atoms with Crippen LogP contribution in [-0.4, -0.2) is 14.2 Å². The summed E-state index contributed by atoms with van der Waals surface area (Å²) in [5.74, 6) is 2.44. The van der Waals surface area contributed by atoms with Gasteiger partial charge in [-0.3, -0.25) is 0 Å². The maximum absolute atomic E-state index is 6.23. The molecule has 0 aliphatic carbocycles. The molecule has 0 saturated carbocycles. The summed E-state index contributed by atoms with van der Waals surface area (Å²) in [7, 11) is 3.33. The number of rotatable bonds is 5. The van der Waals surface area contributed by atoms with Crippen LogP contribution in [0.5, 0.6) is 11.5 Å². The van der Waals surface area contributed by atoms with Crippen molar-refractivity contribution in [3.8, 4) is 22.8 Å². The molecule has 0 fully saturated rings. The molecular formula is C25H24NO3+. The molecule has 4 rings (SSSR count). The van der Waals surface area contributed by atoms with Crippen LogP contribution in [0, 0.1) is 0 Å². The second-order valence-electron chi connectivity index (χ2n) is 6.79. The van der Waals surface area contributed by atoms with Gasteiger partial charge in [0.15, 0.2) is 0 Å². The van der Waals surface area contributed by atoms with Crippen molar-refractivity contribution in [2.24, 2.45) is 0 Å². The highest BCUT2D eigenvalue weighted by Gasteiger charge is 2.11. The lowest BCUT2D eigenvalue weighted by molar-refractivity contribution is -0.400. The minimum Gasteiger partial charge on any atom is -0.497 e. The summed E-state index contributed by atoms with van der Waals surface area (Å²) in [6.45, 7) is 2.15. The van der Waals surface area contributed by atoms with Crippen LogP contribution in [0.15, 0.2) is 77.2 Å².